The van der Waals surface area contributed by atoms with Gasteiger partial charge in [-0.05, 0) is 31.4 Å². The van der Waals surface area contributed by atoms with Crippen LogP contribution < -0.4 is 5.32 Å². The summed E-state index contributed by atoms with van der Waals surface area (Å²) in [6.45, 7) is 6.55. The van der Waals surface area contributed by atoms with Gasteiger partial charge in [0.15, 0.2) is 5.96 Å². The fraction of sp³-hybridized carbons (Fsp3) is 0.571. The number of hydrogen-bond acceptors (Lipinski definition) is 4. The number of carbonyl (C=O) groups excluding carboxylic acids is 1. The van der Waals surface area contributed by atoms with E-state index in [0.29, 0.717) is 19.7 Å². The molecule has 0 saturated carbocycles. The zero-order valence-electron chi connectivity index (χ0n) is 17.7. The highest BCUT2D eigenvalue weighted by Gasteiger charge is 2.30. The van der Waals surface area contributed by atoms with Crippen LogP contribution in [0, 0.1) is 6.92 Å². The highest BCUT2D eigenvalue weighted by atomic mass is 127. The Morgan fingerprint density at radius 3 is 2.73 bits per heavy atom. The van der Waals surface area contributed by atoms with E-state index in [1.54, 1.807) is 7.05 Å². The maximum absolute atomic E-state index is 12.5. The van der Waals surface area contributed by atoms with Gasteiger partial charge < -0.3 is 24.3 Å². The summed E-state index contributed by atoms with van der Waals surface area (Å²) in [4.78, 5) is 25.8. The maximum Gasteiger partial charge on any atom is 0.251 e. The van der Waals surface area contributed by atoms with Gasteiger partial charge in [0.25, 0.3) is 5.91 Å². The van der Waals surface area contributed by atoms with E-state index in [1.807, 2.05) is 17.2 Å². The van der Waals surface area contributed by atoms with Crippen LogP contribution >= 0.6 is 24.0 Å². The molecule has 4 heterocycles. The molecule has 2 aromatic heterocycles. The van der Waals surface area contributed by atoms with Crippen LogP contribution in [-0.4, -0.2) is 83.5 Å². The van der Waals surface area contributed by atoms with E-state index < -0.39 is 0 Å². The first-order valence-corrected chi connectivity index (χ1v) is 10.4. The lowest BCUT2D eigenvalue weighted by atomic mass is 10.2. The molecule has 2 aliphatic rings. The maximum atomic E-state index is 12.5. The molecule has 0 aromatic carbocycles. The Labute approximate surface area is 194 Å². The minimum absolute atomic E-state index is 0. The zero-order valence-corrected chi connectivity index (χ0v) is 20.0. The average Bonchev–Trinajstić information content (AvgIpc) is 3.41. The lowest BCUT2D eigenvalue weighted by Crippen LogP contribution is -2.55. The Kier molecular flexibility index (Phi) is 7.93. The summed E-state index contributed by atoms with van der Waals surface area (Å²) in [5.41, 5.74) is 3.26. The van der Waals surface area contributed by atoms with Gasteiger partial charge in [0.2, 0.25) is 0 Å². The molecule has 1 amide bonds. The van der Waals surface area contributed by atoms with E-state index in [-0.39, 0.29) is 36.0 Å². The van der Waals surface area contributed by atoms with Crippen molar-refractivity contribution < 1.29 is 9.53 Å². The van der Waals surface area contributed by atoms with Crippen LogP contribution in [-0.2, 0) is 16.0 Å². The third-order valence-corrected chi connectivity index (χ3v) is 5.70. The fourth-order valence-electron chi connectivity index (χ4n) is 4.07. The van der Waals surface area contributed by atoms with Crippen LogP contribution in [0.5, 0.6) is 0 Å². The van der Waals surface area contributed by atoms with Crippen LogP contribution in [0.2, 0.25) is 0 Å². The Balaban J connectivity index is 0.00000256. The second kappa shape index (κ2) is 10.4. The molecule has 0 radical (unpaired) electrons. The minimum Gasteiger partial charge on any atom is -0.368 e. The lowest BCUT2D eigenvalue weighted by Gasteiger charge is -2.37. The van der Waals surface area contributed by atoms with E-state index >= 15 is 0 Å². The van der Waals surface area contributed by atoms with E-state index in [1.165, 1.54) is 5.56 Å². The molecule has 2 aliphatic heterocycles. The van der Waals surface area contributed by atoms with Gasteiger partial charge in [-0.25, -0.2) is 4.98 Å². The molecule has 30 heavy (non-hydrogen) atoms. The Hall–Kier alpha value is -1.88. The Bertz CT molecular complexity index is 885. The number of carbonyl (C=O) groups is 1. The van der Waals surface area contributed by atoms with Crippen LogP contribution in [0.4, 0.5) is 0 Å². The minimum atomic E-state index is -0.229. The van der Waals surface area contributed by atoms with Gasteiger partial charge in [-0.1, -0.05) is 6.07 Å². The number of hydrogen-bond donors (Lipinski definition) is 1. The van der Waals surface area contributed by atoms with Crippen molar-refractivity contribution in [3.8, 4) is 0 Å². The highest BCUT2D eigenvalue weighted by Crippen LogP contribution is 2.16. The van der Waals surface area contributed by atoms with E-state index in [9.17, 15) is 4.79 Å². The van der Waals surface area contributed by atoms with Crippen LogP contribution in [0.1, 0.15) is 24.1 Å². The molecule has 8 nitrogen and oxygen atoms in total. The topological polar surface area (TPSA) is 74.5 Å². The molecule has 1 atom stereocenters. The van der Waals surface area contributed by atoms with Gasteiger partial charge in [-0.2, -0.15) is 0 Å². The molecule has 0 aliphatic carbocycles. The number of nitrogens with one attached hydrogen (secondary N) is 1. The first-order chi connectivity index (χ1) is 14.2. The highest BCUT2D eigenvalue weighted by molar-refractivity contribution is 14.0. The quantitative estimate of drug-likeness (QED) is 0.373. The van der Waals surface area contributed by atoms with E-state index in [0.717, 1.165) is 56.2 Å². The third-order valence-electron chi connectivity index (χ3n) is 5.70. The van der Waals surface area contributed by atoms with Gasteiger partial charge in [0.05, 0.1) is 5.69 Å². The number of aliphatic imine (C=N–C) groups is 1. The zero-order chi connectivity index (χ0) is 20.2. The predicted molar refractivity (Wildman–Crippen MR) is 128 cm³/mol. The van der Waals surface area contributed by atoms with Gasteiger partial charge in [0, 0.05) is 65.2 Å². The summed E-state index contributed by atoms with van der Waals surface area (Å²) in [6, 6.07) is 4.12. The molecule has 1 unspecified atom stereocenters. The summed E-state index contributed by atoms with van der Waals surface area (Å²) in [5.74, 6) is 1.03. The number of imidazole rings is 1. The lowest BCUT2D eigenvalue weighted by molar-refractivity contribution is -0.142. The van der Waals surface area contributed by atoms with E-state index in [2.05, 4.69) is 38.8 Å². The standard InChI is InChI=1S/C21H30N6O2.HI/c1-16-5-3-9-27-15-17(24-19(16)27)7-8-23-21(22-2)26-12-10-25(11-13-26)20(28)18-6-4-14-29-18;/h3,5,9,15,18H,4,6-8,10-14H2,1-2H3,(H,22,23);1H. The van der Waals surface area contributed by atoms with Gasteiger partial charge in [0.1, 0.15) is 11.8 Å². The summed E-state index contributed by atoms with van der Waals surface area (Å²) in [5, 5.41) is 3.44. The van der Waals surface area contributed by atoms with Crippen LogP contribution in [0.15, 0.2) is 29.5 Å². The number of guanidine groups is 1. The molecule has 0 spiro atoms. The number of nitrogens with zero attached hydrogens (tertiary/aromatic N) is 5. The normalized spacial score (nSPS) is 19.8. The molecule has 2 saturated heterocycles. The molecular formula is C21H31IN6O2. The third kappa shape index (κ3) is 5.05. The van der Waals surface area contributed by atoms with Crippen molar-refractivity contribution in [1.29, 1.82) is 0 Å². The van der Waals surface area contributed by atoms with Crippen molar-refractivity contribution in [2.75, 3.05) is 46.4 Å². The molecule has 0 bridgehead atoms. The molecule has 2 aromatic rings. The number of aryl methyl sites for hydroxylation is 1. The number of pyridine rings is 1. The molecule has 9 heteroatoms. The number of halogens is 1. The van der Waals surface area contributed by atoms with Crippen molar-refractivity contribution in [3.05, 3.63) is 35.8 Å². The van der Waals surface area contributed by atoms with Crippen molar-refractivity contribution in [2.24, 2.45) is 4.99 Å². The SMILES string of the molecule is CN=C(NCCc1cn2cccc(C)c2n1)N1CCN(C(=O)C2CCCO2)CC1.I. The van der Waals surface area contributed by atoms with E-state index in [4.69, 9.17) is 9.72 Å². The number of amides is 1. The fourth-order valence-corrected chi connectivity index (χ4v) is 4.07. The average molecular weight is 526 g/mol. The summed E-state index contributed by atoms with van der Waals surface area (Å²) in [6.07, 6.45) is 6.56. The molecule has 1 N–H and O–H groups in total. The summed E-state index contributed by atoms with van der Waals surface area (Å²) in [7, 11) is 1.81. The molecular weight excluding hydrogens is 495 g/mol. The second-order valence-electron chi connectivity index (χ2n) is 7.69. The largest absolute Gasteiger partial charge is 0.368 e. The number of rotatable bonds is 4. The number of fused-ring (bicyclic) bond motifs is 1. The van der Waals surface area contributed by atoms with Gasteiger partial charge in [-0.3, -0.25) is 9.79 Å². The summed E-state index contributed by atoms with van der Waals surface area (Å²) >= 11 is 0. The molecule has 4 rings (SSSR count). The van der Waals surface area contributed by atoms with Crippen LogP contribution in [0.25, 0.3) is 5.65 Å². The molecule has 164 valence electrons. The Morgan fingerprint density at radius 1 is 1.30 bits per heavy atom. The van der Waals surface area contributed by atoms with Crippen molar-refractivity contribution in [1.82, 2.24) is 24.5 Å². The second-order valence-corrected chi connectivity index (χ2v) is 7.69. The van der Waals surface area contributed by atoms with Gasteiger partial charge in [-0.15, -0.1) is 24.0 Å². The monoisotopic (exact) mass is 526 g/mol. The van der Waals surface area contributed by atoms with Gasteiger partial charge >= 0.3 is 0 Å². The smallest absolute Gasteiger partial charge is 0.251 e. The van der Waals surface area contributed by atoms with Crippen molar-refractivity contribution in [2.45, 2.75) is 32.3 Å². The van der Waals surface area contributed by atoms with Crippen molar-refractivity contribution >= 4 is 41.5 Å². The molecule has 2 fully saturated rings. The summed E-state index contributed by atoms with van der Waals surface area (Å²) < 4.78 is 7.61. The first kappa shape index (κ1) is 22.8. The number of aromatic nitrogens is 2. The predicted octanol–water partition coefficient (Wildman–Crippen LogP) is 1.70. The number of ether oxygens (including phenoxy) is 1. The van der Waals surface area contributed by atoms with Crippen molar-refractivity contribution in [3.63, 3.8) is 0 Å². The Morgan fingerprint density at radius 2 is 2.07 bits per heavy atom. The van der Waals surface area contributed by atoms with Crippen LogP contribution in [0.3, 0.4) is 0 Å². The number of piperazine rings is 1. The first-order valence-electron chi connectivity index (χ1n) is 10.4.